The van der Waals surface area contributed by atoms with E-state index < -0.39 is 0 Å². The van der Waals surface area contributed by atoms with Crippen molar-refractivity contribution in [2.45, 2.75) is 27.2 Å². The molecule has 1 fully saturated rings. The van der Waals surface area contributed by atoms with Gasteiger partial charge in [0, 0.05) is 24.8 Å². The monoisotopic (exact) mass is 299 g/mol. The summed E-state index contributed by atoms with van der Waals surface area (Å²) in [6.45, 7) is 7.99. The lowest BCUT2D eigenvalue weighted by molar-refractivity contribution is 0.102. The van der Waals surface area contributed by atoms with Gasteiger partial charge >= 0.3 is 0 Å². The van der Waals surface area contributed by atoms with Crippen LogP contribution in [0, 0.1) is 19.8 Å². The molecule has 0 radical (unpaired) electrons. The second-order valence-electron chi connectivity index (χ2n) is 6.01. The number of carbonyl (C=O) groups is 1. The van der Waals surface area contributed by atoms with Gasteiger partial charge in [-0.1, -0.05) is 6.92 Å². The molecule has 2 N–H and O–H groups in total. The number of aryl methyl sites for hydroxylation is 2. The molecular formula is C16H21N5O. The number of amides is 1. The number of nitrogens with one attached hydrogen (secondary N) is 2. The van der Waals surface area contributed by atoms with Gasteiger partial charge in [-0.15, -0.1) is 0 Å². The van der Waals surface area contributed by atoms with E-state index in [0.29, 0.717) is 11.5 Å². The van der Waals surface area contributed by atoms with Gasteiger partial charge in [0.15, 0.2) is 0 Å². The Hall–Kier alpha value is -2.37. The third-order valence-electron chi connectivity index (χ3n) is 4.12. The molecule has 1 atom stereocenters. The van der Waals surface area contributed by atoms with Crippen molar-refractivity contribution >= 4 is 17.4 Å². The Balaban J connectivity index is 1.78. The van der Waals surface area contributed by atoms with Crippen LogP contribution in [0.4, 0.5) is 11.5 Å². The maximum Gasteiger partial charge on any atom is 0.255 e. The van der Waals surface area contributed by atoms with Crippen LogP contribution in [0.5, 0.6) is 0 Å². The number of nitrogens with zero attached hydrogens (tertiary/aromatic N) is 3. The van der Waals surface area contributed by atoms with Crippen LogP contribution in [0.2, 0.25) is 0 Å². The van der Waals surface area contributed by atoms with Gasteiger partial charge in [-0.05, 0) is 38.3 Å². The Kier molecular flexibility index (Phi) is 3.83. The highest BCUT2D eigenvalue weighted by Gasteiger charge is 2.21. The molecule has 1 saturated heterocycles. The van der Waals surface area contributed by atoms with E-state index in [-0.39, 0.29) is 5.91 Å². The summed E-state index contributed by atoms with van der Waals surface area (Å²) in [5.41, 5.74) is 3.00. The molecule has 2 aromatic heterocycles. The predicted octanol–water partition coefficient (Wildman–Crippen LogP) is 2.52. The second-order valence-corrected chi connectivity index (χ2v) is 6.01. The number of hydrogen-bond acceptors (Lipinski definition) is 4. The minimum Gasteiger partial charge on any atom is -0.356 e. The summed E-state index contributed by atoms with van der Waals surface area (Å²) in [7, 11) is 0. The number of carbonyl (C=O) groups excluding carboxylic acids is 1. The van der Waals surface area contributed by atoms with Crippen molar-refractivity contribution in [2.75, 3.05) is 23.3 Å². The molecule has 0 saturated carbocycles. The zero-order valence-electron chi connectivity index (χ0n) is 13.2. The Bertz CT molecular complexity index is 674. The van der Waals surface area contributed by atoms with Gasteiger partial charge in [-0.25, -0.2) is 4.98 Å². The van der Waals surface area contributed by atoms with Gasteiger partial charge in [-0.3, -0.25) is 9.89 Å². The number of H-pyrrole nitrogens is 1. The first-order valence-electron chi connectivity index (χ1n) is 7.58. The fraction of sp³-hybridized carbons (Fsp3) is 0.438. The van der Waals surface area contributed by atoms with E-state index in [1.807, 2.05) is 19.9 Å². The molecule has 3 heterocycles. The lowest BCUT2D eigenvalue weighted by Gasteiger charge is -2.17. The van der Waals surface area contributed by atoms with Gasteiger partial charge in [0.25, 0.3) is 5.91 Å². The molecule has 3 rings (SSSR count). The van der Waals surface area contributed by atoms with Crippen molar-refractivity contribution in [2.24, 2.45) is 5.92 Å². The molecule has 116 valence electrons. The second kappa shape index (κ2) is 5.79. The number of hydrogen-bond donors (Lipinski definition) is 2. The van der Waals surface area contributed by atoms with Gasteiger partial charge < -0.3 is 10.2 Å². The fourth-order valence-electron chi connectivity index (χ4n) is 2.80. The van der Waals surface area contributed by atoms with E-state index in [1.165, 1.54) is 6.42 Å². The number of aromatic amines is 1. The Morgan fingerprint density at radius 2 is 2.27 bits per heavy atom. The van der Waals surface area contributed by atoms with E-state index in [9.17, 15) is 4.79 Å². The molecule has 2 aromatic rings. The van der Waals surface area contributed by atoms with Crippen molar-refractivity contribution in [3.63, 3.8) is 0 Å². The summed E-state index contributed by atoms with van der Waals surface area (Å²) in [6.07, 6.45) is 2.87. The Labute approximate surface area is 129 Å². The maximum atomic E-state index is 12.4. The molecule has 0 aromatic carbocycles. The number of pyridine rings is 1. The van der Waals surface area contributed by atoms with Crippen LogP contribution in [-0.4, -0.2) is 34.2 Å². The summed E-state index contributed by atoms with van der Waals surface area (Å²) in [4.78, 5) is 19.1. The summed E-state index contributed by atoms with van der Waals surface area (Å²) >= 11 is 0. The predicted molar refractivity (Wildman–Crippen MR) is 86.2 cm³/mol. The Morgan fingerprint density at radius 3 is 2.91 bits per heavy atom. The largest absolute Gasteiger partial charge is 0.356 e. The Morgan fingerprint density at radius 1 is 1.45 bits per heavy atom. The van der Waals surface area contributed by atoms with Crippen molar-refractivity contribution in [1.29, 1.82) is 0 Å². The average Bonchev–Trinajstić information content (AvgIpc) is 3.08. The van der Waals surface area contributed by atoms with Crippen LogP contribution in [-0.2, 0) is 0 Å². The van der Waals surface area contributed by atoms with Crippen LogP contribution < -0.4 is 10.2 Å². The smallest absolute Gasteiger partial charge is 0.255 e. The zero-order chi connectivity index (χ0) is 15.7. The number of rotatable bonds is 3. The molecular weight excluding hydrogens is 278 g/mol. The third-order valence-corrected chi connectivity index (χ3v) is 4.12. The number of aromatic nitrogens is 3. The minimum absolute atomic E-state index is 0.136. The molecule has 0 bridgehead atoms. The number of anilines is 2. The summed E-state index contributed by atoms with van der Waals surface area (Å²) in [5.74, 6) is 1.41. The maximum absolute atomic E-state index is 12.4. The fourth-order valence-corrected chi connectivity index (χ4v) is 2.80. The van der Waals surface area contributed by atoms with E-state index in [0.717, 1.165) is 36.0 Å². The molecule has 22 heavy (non-hydrogen) atoms. The van der Waals surface area contributed by atoms with Crippen LogP contribution in [0.3, 0.4) is 0 Å². The average molecular weight is 299 g/mol. The molecule has 6 nitrogen and oxygen atoms in total. The first-order chi connectivity index (χ1) is 10.5. The lowest BCUT2D eigenvalue weighted by atomic mass is 10.2. The van der Waals surface area contributed by atoms with Gasteiger partial charge in [-0.2, -0.15) is 5.10 Å². The summed E-state index contributed by atoms with van der Waals surface area (Å²) < 4.78 is 0. The van der Waals surface area contributed by atoms with Crippen LogP contribution >= 0.6 is 0 Å². The molecule has 0 aliphatic carbocycles. The van der Waals surface area contributed by atoms with Crippen molar-refractivity contribution < 1.29 is 4.79 Å². The molecule has 0 spiro atoms. The van der Waals surface area contributed by atoms with E-state index in [4.69, 9.17) is 0 Å². The van der Waals surface area contributed by atoms with Crippen LogP contribution in [0.25, 0.3) is 0 Å². The molecule has 1 amide bonds. The highest BCUT2D eigenvalue weighted by Crippen LogP contribution is 2.23. The first-order valence-corrected chi connectivity index (χ1v) is 7.58. The standard InChI is InChI=1S/C16H21N5O/c1-10-5-7-21(9-10)14-8-13(4-6-17-14)16(22)18-15-11(2)19-20-12(15)3/h4,6,8,10H,5,7,9H2,1-3H3,(H,18,22)(H,19,20). The van der Waals surface area contributed by atoms with E-state index >= 15 is 0 Å². The van der Waals surface area contributed by atoms with E-state index in [2.05, 4.69) is 32.3 Å². The van der Waals surface area contributed by atoms with Crippen LogP contribution in [0.1, 0.15) is 35.1 Å². The topological polar surface area (TPSA) is 73.9 Å². The van der Waals surface area contributed by atoms with Crippen molar-refractivity contribution in [3.05, 3.63) is 35.3 Å². The third kappa shape index (κ3) is 2.81. The SMILES string of the molecule is Cc1n[nH]c(C)c1NC(=O)c1ccnc(N2CCC(C)C2)c1. The minimum atomic E-state index is -0.136. The van der Waals surface area contributed by atoms with Gasteiger partial charge in [0.1, 0.15) is 5.82 Å². The van der Waals surface area contributed by atoms with Crippen molar-refractivity contribution in [1.82, 2.24) is 15.2 Å². The van der Waals surface area contributed by atoms with E-state index in [1.54, 1.807) is 12.3 Å². The lowest BCUT2D eigenvalue weighted by Crippen LogP contribution is -2.21. The van der Waals surface area contributed by atoms with Gasteiger partial charge in [0.05, 0.1) is 17.1 Å². The molecule has 1 unspecified atom stereocenters. The first kappa shape index (κ1) is 14.6. The van der Waals surface area contributed by atoms with Crippen molar-refractivity contribution in [3.8, 4) is 0 Å². The normalized spacial score (nSPS) is 17.8. The van der Waals surface area contributed by atoms with Gasteiger partial charge in [0.2, 0.25) is 0 Å². The molecule has 1 aliphatic heterocycles. The van der Waals surface area contributed by atoms with Crippen LogP contribution in [0.15, 0.2) is 18.3 Å². The summed E-state index contributed by atoms with van der Waals surface area (Å²) in [5, 5.41) is 9.88. The summed E-state index contributed by atoms with van der Waals surface area (Å²) in [6, 6.07) is 3.60. The molecule has 6 heteroatoms. The quantitative estimate of drug-likeness (QED) is 0.913. The highest BCUT2D eigenvalue weighted by molar-refractivity contribution is 6.05. The molecule has 1 aliphatic rings. The zero-order valence-corrected chi connectivity index (χ0v) is 13.2. The highest BCUT2D eigenvalue weighted by atomic mass is 16.1.